The van der Waals surface area contributed by atoms with Gasteiger partial charge in [-0.2, -0.15) is 0 Å². The van der Waals surface area contributed by atoms with Crippen LogP contribution in [0.15, 0.2) is 53.1 Å². The van der Waals surface area contributed by atoms with E-state index in [1.807, 2.05) is 18.5 Å². The van der Waals surface area contributed by atoms with Gasteiger partial charge in [-0.25, -0.2) is 15.0 Å². The summed E-state index contributed by atoms with van der Waals surface area (Å²) in [6.45, 7) is 9.18. The Labute approximate surface area is 193 Å². The third kappa shape index (κ3) is 7.11. The Morgan fingerprint density at radius 1 is 1.21 bits per heavy atom. The highest BCUT2D eigenvalue weighted by Crippen LogP contribution is 2.17. The Hall–Kier alpha value is -1.94. The smallest absolute Gasteiger partial charge is 0.192 e. The third-order valence-corrected chi connectivity index (χ3v) is 5.16. The molecular weight excluding hydrogens is 495 g/mol. The molecule has 0 aliphatic rings. The summed E-state index contributed by atoms with van der Waals surface area (Å²) in [5.74, 6) is 2.17. The second-order valence-electron chi connectivity index (χ2n) is 6.83. The summed E-state index contributed by atoms with van der Waals surface area (Å²) in [4.78, 5) is 13.8. The number of hydrogen-bond acceptors (Lipinski definition) is 4. The number of aliphatic imine (C=N–C) groups is 1. The first kappa shape index (κ1) is 23.3. The van der Waals surface area contributed by atoms with Crippen LogP contribution in [-0.4, -0.2) is 27.0 Å². The SMILES string of the molecule is CCNC(=NCc1nccn1Cc1ccccc1)NCc1nc(C(C)C)cs1.I. The van der Waals surface area contributed by atoms with Crippen LogP contribution in [0.4, 0.5) is 0 Å². The molecule has 0 aliphatic carbocycles. The van der Waals surface area contributed by atoms with Crippen LogP contribution in [0, 0.1) is 0 Å². The molecule has 0 amide bonds. The van der Waals surface area contributed by atoms with Crippen molar-refractivity contribution in [3.8, 4) is 0 Å². The van der Waals surface area contributed by atoms with Gasteiger partial charge in [-0.1, -0.05) is 44.2 Å². The summed E-state index contributed by atoms with van der Waals surface area (Å²) in [5, 5.41) is 9.86. The van der Waals surface area contributed by atoms with Gasteiger partial charge < -0.3 is 15.2 Å². The number of rotatable bonds is 8. The van der Waals surface area contributed by atoms with Gasteiger partial charge in [0.25, 0.3) is 0 Å². The van der Waals surface area contributed by atoms with Gasteiger partial charge >= 0.3 is 0 Å². The fourth-order valence-electron chi connectivity index (χ4n) is 2.74. The minimum atomic E-state index is 0. The third-order valence-electron chi connectivity index (χ3n) is 4.29. The molecule has 0 fully saturated rings. The number of guanidine groups is 1. The zero-order valence-electron chi connectivity index (χ0n) is 17.1. The van der Waals surface area contributed by atoms with Gasteiger partial charge in [0.05, 0.1) is 12.2 Å². The van der Waals surface area contributed by atoms with E-state index < -0.39 is 0 Å². The molecule has 6 nitrogen and oxygen atoms in total. The van der Waals surface area contributed by atoms with Crippen molar-refractivity contribution in [1.82, 2.24) is 25.2 Å². The second-order valence-corrected chi connectivity index (χ2v) is 7.77. The molecule has 3 rings (SSSR count). The number of nitrogens with one attached hydrogen (secondary N) is 2. The van der Waals surface area contributed by atoms with Crippen molar-refractivity contribution >= 4 is 41.3 Å². The zero-order chi connectivity index (χ0) is 19.8. The van der Waals surface area contributed by atoms with Crippen LogP contribution in [0.25, 0.3) is 0 Å². The molecule has 2 aromatic heterocycles. The lowest BCUT2D eigenvalue weighted by Crippen LogP contribution is -2.36. The van der Waals surface area contributed by atoms with Crippen LogP contribution in [0.3, 0.4) is 0 Å². The molecule has 2 N–H and O–H groups in total. The summed E-state index contributed by atoms with van der Waals surface area (Å²) >= 11 is 1.68. The van der Waals surface area contributed by atoms with E-state index in [9.17, 15) is 0 Å². The van der Waals surface area contributed by atoms with Crippen molar-refractivity contribution < 1.29 is 0 Å². The molecule has 0 bridgehead atoms. The van der Waals surface area contributed by atoms with E-state index in [-0.39, 0.29) is 24.0 Å². The first-order chi connectivity index (χ1) is 13.7. The Kier molecular flexibility index (Phi) is 9.59. The van der Waals surface area contributed by atoms with Gasteiger partial charge in [0, 0.05) is 30.9 Å². The van der Waals surface area contributed by atoms with Gasteiger partial charge in [-0.15, -0.1) is 35.3 Å². The molecular formula is C21H29IN6S. The van der Waals surface area contributed by atoms with Gasteiger partial charge in [0.2, 0.25) is 0 Å². The normalized spacial score (nSPS) is 11.4. The number of aromatic nitrogens is 3. The topological polar surface area (TPSA) is 67.1 Å². The standard InChI is InChI=1S/C21H28N6S.HI/c1-4-22-21(25-13-20-26-18(15-28-20)16(2)3)24-12-19-23-10-11-27(19)14-17-8-6-5-7-9-17;/h5-11,15-16H,4,12-14H2,1-3H3,(H2,22,24,25);1H. The number of nitrogens with zero attached hydrogens (tertiary/aromatic N) is 4. The lowest BCUT2D eigenvalue weighted by Gasteiger charge is -2.11. The van der Waals surface area contributed by atoms with Crippen LogP contribution >= 0.6 is 35.3 Å². The van der Waals surface area contributed by atoms with Crippen LogP contribution in [-0.2, 0) is 19.6 Å². The Morgan fingerprint density at radius 3 is 2.69 bits per heavy atom. The van der Waals surface area contributed by atoms with Crippen LogP contribution in [0.2, 0.25) is 0 Å². The molecule has 156 valence electrons. The van der Waals surface area contributed by atoms with Crippen molar-refractivity contribution in [2.24, 2.45) is 4.99 Å². The van der Waals surface area contributed by atoms with Crippen molar-refractivity contribution in [2.45, 2.75) is 46.3 Å². The molecule has 0 radical (unpaired) electrons. The number of halogens is 1. The number of imidazole rings is 1. The molecule has 0 saturated carbocycles. The van der Waals surface area contributed by atoms with E-state index in [0.29, 0.717) is 19.0 Å². The molecule has 29 heavy (non-hydrogen) atoms. The van der Waals surface area contributed by atoms with Crippen molar-refractivity contribution in [2.75, 3.05) is 6.54 Å². The quantitative estimate of drug-likeness (QED) is 0.261. The first-order valence-corrected chi connectivity index (χ1v) is 10.5. The number of thiazole rings is 1. The van der Waals surface area contributed by atoms with Crippen LogP contribution in [0.5, 0.6) is 0 Å². The summed E-state index contributed by atoms with van der Waals surface area (Å²) in [7, 11) is 0. The predicted octanol–water partition coefficient (Wildman–Crippen LogP) is 4.38. The van der Waals surface area contributed by atoms with Crippen LogP contribution in [0.1, 0.15) is 48.8 Å². The highest BCUT2D eigenvalue weighted by atomic mass is 127. The van der Waals surface area contributed by atoms with Gasteiger partial charge in [-0.3, -0.25) is 0 Å². The minimum Gasteiger partial charge on any atom is -0.357 e. The molecule has 0 unspecified atom stereocenters. The summed E-state index contributed by atoms with van der Waals surface area (Å²) in [6, 6.07) is 10.4. The summed E-state index contributed by atoms with van der Waals surface area (Å²) in [5.41, 5.74) is 2.40. The first-order valence-electron chi connectivity index (χ1n) is 9.66. The lowest BCUT2D eigenvalue weighted by atomic mass is 10.2. The van der Waals surface area contributed by atoms with Crippen LogP contribution < -0.4 is 10.6 Å². The fraction of sp³-hybridized carbons (Fsp3) is 0.381. The van der Waals surface area contributed by atoms with Crippen molar-refractivity contribution in [1.29, 1.82) is 0 Å². The monoisotopic (exact) mass is 524 g/mol. The molecule has 0 saturated heterocycles. The fourth-order valence-corrected chi connectivity index (χ4v) is 3.63. The van der Waals surface area contributed by atoms with E-state index in [4.69, 9.17) is 4.99 Å². The highest BCUT2D eigenvalue weighted by molar-refractivity contribution is 14.0. The van der Waals surface area contributed by atoms with E-state index >= 15 is 0 Å². The van der Waals surface area contributed by atoms with E-state index in [0.717, 1.165) is 35.6 Å². The van der Waals surface area contributed by atoms with Crippen molar-refractivity contribution in [3.63, 3.8) is 0 Å². The molecule has 0 atom stereocenters. The maximum absolute atomic E-state index is 4.70. The maximum atomic E-state index is 4.70. The Bertz CT molecular complexity index is 887. The lowest BCUT2D eigenvalue weighted by molar-refractivity contribution is 0.716. The highest BCUT2D eigenvalue weighted by Gasteiger charge is 2.07. The summed E-state index contributed by atoms with van der Waals surface area (Å²) in [6.07, 6.45) is 3.83. The zero-order valence-corrected chi connectivity index (χ0v) is 20.3. The van der Waals surface area contributed by atoms with Gasteiger partial charge in [0.1, 0.15) is 17.4 Å². The molecule has 8 heteroatoms. The molecule has 0 aliphatic heterocycles. The Morgan fingerprint density at radius 2 is 2.00 bits per heavy atom. The molecule has 0 spiro atoms. The second kappa shape index (κ2) is 11.9. The average molecular weight is 524 g/mol. The summed E-state index contributed by atoms with van der Waals surface area (Å²) < 4.78 is 2.14. The van der Waals surface area contributed by atoms with Gasteiger partial charge in [0.15, 0.2) is 5.96 Å². The number of hydrogen-bond donors (Lipinski definition) is 2. The largest absolute Gasteiger partial charge is 0.357 e. The predicted molar refractivity (Wildman–Crippen MR) is 131 cm³/mol. The molecule has 1 aromatic carbocycles. The molecule has 2 heterocycles. The number of benzene rings is 1. The molecule has 3 aromatic rings. The maximum Gasteiger partial charge on any atom is 0.192 e. The minimum absolute atomic E-state index is 0. The van der Waals surface area contributed by atoms with E-state index in [1.165, 1.54) is 5.56 Å². The Balaban J connectivity index is 0.00000300. The van der Waals surface area contributed by atoms with E-state index in [1.54, 1.807) is 11.3 Å². The van der Waals surface area contributed by atoms with E-state index in [2.05, 4.69) is 75.6 Å². The van der Waals surface area contributed by atoms with Crippen molar-refractivity contribution in [3.05, 3.63) is 70.2 Å². The van der Waals surface area contributed by atoms with Gasteiger partial charge in [-0.05, 0) is 18.4 Å². The average Bonchev–Trinajstić information content (AvgIpc) is 3.34.